The molecule has 0 spiro atoms. The van der Waals surface area contributed by atoms with Crippen molar-refractivity contribution in [1.82, 2.24) is 15.7 Å². The molecule has 0 fully saturated rings. The second-order valence-electron chi connectivity index (χ2n) is 4.86. The lowest BCUT2D eigenvalue weighted by molar-refractivity contribution is -0.114. The van der Waals surface area contributed by atoms with Crippen molar-refractivity contribution in [3.05, 3.63) is 59.3 Å². The van der Waals surface area contributed by atoms with Crippen LogP contribution in [0.4, 0.5) is 10.6 Å². The largest absolute Gasteiger partial charge is 0.333 e. The van der Waals surface area contributed by atoms with Gasteiger partial charge in [0.1, 0.15) is 11.5 Å². The molecular formula is C17H17N5O2. The summed E-state index contributed by atoms with van der Waals surface area (Å²) in [6, 6.07) is 12.2. The number of nitrogens with zero attached hydrogens (tertiary/aromatic N) is 1. The molecule has 0 aliphatic carbocycles. The highest BCUT2D eigenvalue weighted by Gasteiger charge is 1.98. The third-order valence-corrected chi connectivity index (χ3v) is 2.93. The van der Waals surface area contributed by atoms with E-state index >= 15 is 0 Å². The number of rotatable bonds is 3. The third kappa shape index (κ3) is 5.44. The zero-order valence-electron chi connectivity index (χ0n) is 13.1. The number of carbonyl (C=O) groups is 2. The molecule has 3 amide bonds. The standard InChI is InChI=1S/C17H17N5O2/c1-12(23)20-16-4-2-3-15(21-16)10-9-13-5-7-14(8-6-13)11-19-17(24)22-18/h2-8H,11,18H2,1H3,(H2,19,22,24)(H,20,21,23). The molecule has 7 heteroatoms. The number of benzene rings is 1. The topological polar surface area (TPSA) is 109 Å². The molecule has 0 saturated carbocycles. The number of nitrogens with one attached hydrogen (secondary N) is 3. The van der Waals surface area contributed by atoms with E-state index in [1.807, 2.05) is 29.7 Å². The zero-order chi connectivity index (χ0) is 17.4. The van der Waals surface area contributed by atoms with Crippen LogP contribution in [0.25, 0.3) is 0 Å². The van der Waals surface area contributed by atoms with Gasteiger partial charge in [0.2, 0.25) is 5.91 Å². The highest BCUT2D eigenvalue weighted by molar-refractivity contribution is 5.87. The zero-order valence-corrected chi connectivity index (χ0v) is 13.1. The van der Waals surface area contributed by atoms with Gasteiger partial charge in [-0.1, -0.05) is 24.1 Å². The van der Waals surface area contributed by atoms with Gasteiger partial charge in [-0.25, -0.2) is 15.6 Å². The number of hydrogen-bond donors (Lipinski definition) is 4. The van der Waals surface area contributed by atoms with E-state index in [2.05, 4.69) is 27.5 Å². The van der Waals surface area contributed by atoms with Crippen LogP contribution in [-0.4, -0.2) is 16.9 Å². The van der Waals surface area contributed by atoms with Gasteiger partial charge in [-0.2, -0.15) is 0 Å². The average Bonchev–Trinajstić information content (AvgIpc) is 2.58. The Labute approximate surface area is 139 Å². The SMILES string of the molecule is CC(=O)Nc1cccc(C#Cc2ccc(CNC(=O)NN)cc2)n1. The molecule has 0 bridgehead atoms. The molecule has 0 radical (unpaired) electrons. The van der Waals surface area contributed by atoms with Gasteiger partial charge >= 0.3 is 6.03 Å². The normalized spacial score (nSPS) is 9.42. The minimum absolute atomic E-state index is 0.180. The van der Waals surface area contributed by atoms with Crippen LogP contribution in [0.2, 0.25) is 0 Å². The van der Waals surface area contributed by atoms with E-state index in [-0.39, 0.29) is 5.91 Å². The molecule has 5 N–H and O–H groups in total. The van der Waals surface area contributed by atoms with Crippen molar-refractivity contribution in [1.29, 1.82) is 0 Å². The molecule has 2 rings (SSSR count). The number of hydrogen-bond acceptors (Lipinski definition) is 4. The Kier molecular flexibility index (Phi) is 5.88. The van der Waals surface area contributed by atoms with Gasteiger partial charge in [0.25, 0.3) is 0 Å². The van der Waals surface area contributed by atoms with Gasteiger partial charge in [-0.15, -0.1) is 0 Å². The Morgan fingerprint density at radius 1 is 1.12 bits per heavy atom. The number of urea groups is 1. The van der Waals surface area contributed by atoms with E-state index in [4.69, 9.17) is 5.84 Å². The number of pyridine rings is 1. The quantitative estimate of drug-likeness (QED) is 0.294. The van der Waals surface area contributed by atoms with Crippen LogP contribution in [0.3, 0.4) is 0 Å². The summed E-state index contributed by atoms with van der Waals surface area (Å²) < 4.78 is 0. The Hall–Kier alpha value is -3.37. The second-order valence-corrected chi connectivity index (χ2v) is 4.86. The fourth-order valence-electron chi connectivity index (χ4n) is 1.83. The van der Waals surface area contributed by atoms with Gasteiger partial charge in [0, 0.05) is 19.0 Å². The van der Waals surface area contributed by atoms with E-state index in [1.54, 1.807) is 18.2 Å². The number of aromatic nitrogens is 1. The number of anilines is 1. The van der Waals surface area contributed by atoms with Gasteiger partial charge < -0.3 is 10.6 Å². The van der Waals surface area contributed by atoms with Crippen LogP contribution >= 0.6 is 0 Å². The molecule has 1 aromatic carbocycles. The lowest BCUT2D eigenvalue weighted by atomic mass is 10.1. The molecular weight excluding hydrogens is 306 g/mol. The first kappa shape index (κ1) is 17.0. The summed E-state index contributed by atoms with van der Waals surface area (Å²) in [5, 5.41) is 5.20. The molecule has 2 aromatic rings. The molecule has 1 heterocycles. The summed E-state index contributed by atoms with van der Waals surface area (Å²) in [5.41, 5.74) is 4.30. The molecule has 1 aromatic heterocycles. The third-order valence-electron chi connectivity index (χ3n) is 2.93. The number of hydrazine groups is 1. The maximum atomic E-state index is 11.0. The first-order valence-corrected chi connectivity index (χ1v) is 7.17. The Morgan fingerprint density at radius 2 is 1.88 bits per heavy atom. The second kappa shape index (κ2) is 8.31. The van der Waals surface area contributed by atoms with E-state index in [9.17, 15) is 9.59 Å². The maximum absolute atomic E-state index is 11.0. The van der Waals surface area contributed by atoms with Crippen molar-refractivity contribution in [3.8, 4) is 11.8 Å². The van der Waals surface area contributed by atoms with Crippen molar-refractivity contribution in [2.75, 3.05) is 5.32 Å². The number of nitrogens with two attached hydrogens (primary N) is 1. The van der Waals surface area contributed by atoms with Crippen LogP contribution < -0.4 is 21.9 Å². The molecule has 0 aliphatic heterocycles. The Balaban J connectivity index is 2.03. The smallest absolute Gasteiger partial charge is 0.329 e. The molecule has 0 aliphatic rings. The Bertz CT molecular complexity index is 791. The van der Waals surface area contributed by atoms with Gasteiger partial charge in [-0.3, -0.25) is 10.2 Å². The highest BCUT2D eigenvalue weighted by atomic mass is 16.2. The minimum atomic E-state index is -0.441. The van der Waals surface area contributed by atoms with Crippen molar-refractivity contribution in [3.63, 3.8) is 0 Å². The molecule has 0 unspecified atom stereocenters. The van der Waals surface area contributed by atoms with Crippen LogP contribution in [0.5, 0.6) is 0 Å². The van der Waals surface area contributed by atoms with Crippen molar-refractivity contribution < 1.29 is 9.59 Å². The van der Waals surface area contributed by atoms with Crippen molar-refractivity contribution in [2.45, 2.75) is 13.5 Å². The van der Waals surface area contributed by atoms with Gasteiger partial charge in [0.15, 0.2) is 0 Å². The summed E-state index contributed by atoms with van der Waals surface area (Å²) in [6.07, 6.45) is 0. The van der Waals surface area contributed by atoms with Crippen molar-refractivity contribution >= 4 is 17.8 Å². The van der Waals surface area contributed by atoms with E-state index in [0.29, 0.717) is 18.1 Å². The summed E-state index contributed by atoms with van der Waals surface area (Å²) in [4.78, 5) is 26.3. The summed E-state index contributed by atoms with van der Waals surface area (Å²) in [5.74, 6) is 11.2. The van der Waals surface area contributed by atoms with Gasteiger partial charge in [0.05, 0.1) is 0 Å². The Morgan fingerprint density at radius 3 is 2.54 bits per heavy atom. The van der Waals surface area contributed by atoms with E-state index in [1.165, 1.54) is 6.92 Å². The van der Waals surface area contributed by atoms with Crippen LogP contribution in [0.15, 0.2) is 42.5 Å². The fraction of sp³-hybridized carbons (Fsp3) is 0.118. The van der Waals surface area contributed by atoms with Crippen LogP contribution in [0.1, 0.15) is 23.7 Å². The summed E-state index contributed by atoms with van der Waals surface area (Å²) in [6.45, 7) is 1.80. The summed E-state index contributed by atoms with van der Waals surface area (Å²) in [7, 11) is 0. The van der Waals surface area contributed by atoms with E-state index < -0.39 is 6.03 Å². The molecule has 24 heavy (non-hydrogen) atoms. The lowest BCUT2D eigenvalue weighted by Crippen LogP contribution is -2.39. The molecule has 0 saturated heterocycles. The predicted octanol–water partition coefficient (Wildman–Crippen LogP) is 1.11. The fourth-order valence-corrected chi connectivity index (χ4v) is 1.83. The van der Waals surface area contributed by atoms with E-state index in [0.717, 1.165) is 11.1 Å². The van der Waals surface area contributed by atoms with Crippen LogP contribution in [0, 0.1) is 11.8 Å². The predicted molar refractivity (Wildman–Crippen MR) is 90.5 cm³/mol. The van der Waals surface area contributed by atoms with Crippen molar-refractivity contribution in [2.24, 2.45) is 5.84 Å². The lowest BCUT2D eigenvalue weighted by Gasteiger charge is -2.04. The monoisotopic (exact) mass is 323 g/mol. The number of amides is 3. The minimum Gasteiger partial charge on any atom is -0.333 e. The van der Waals surface area contributed by atoms with Crippen LogP contribution in [-0.2, 0) is 11.3 Å². The molecule has 7 nitrogen and oxygen atoms in total. The summed E-state index contributed by atoms with van der Waals surface area (Å²) >= 11 is 0. The first-order chi connectivity index (χ1) is 11.6. The molecule has 122 valence electrons. The maximum Gasteiger partial charge on any atom is 0.329 e. The highest BCUT2D eigenvalue weighted by Crippen LogP contribution is 2.06. The average molecular weight is 323 g/mol. The first-order valence-electron chi connectivity index (χ1n) is 7.17. The molecule has 0 atom stereocenters. The number of carbonyl (C=O) groups excluding carboxylic acids is 2. The van der Waals surface area contributed by atoms with Gasteiger partial charge in [-0.05, 0) is 35.7 Å².